The molecular formula is C12H20N2O2S. The molecule has 0 aliphatic rings. The van der Waals surface area contributed by atoms with Gasteiger partial charge in [-0.3, -0.25) is 0 Å². The summed E-state index contributed by atoms with van der Waals surface area (Å²) in [6, 6.07) is 4.87. The van der Waals surface area contributed by atoms with Gasteiger partial charge < -0.3 is 5.73 Å². The second-order valence-corrected chi connectivity index (χ2v) is 6.23. The molecule has 0 amide bonds. The van der Waals surface area contributed by atoms with Crippen LogP contribution in [-0.2, 0) is 16.4 Å². The van der Waals surface area contributed by atoms with Crippen LogP contribution in [0, 0.1) is 5.92 Å². The average molecular weight is 256 g/mol. The van der Waals surface area contributed by atoms with E-state index in [0.717, 1.165) is 12.0 Å². The Morgan fingerprint density at radius 3 is 2.47 bits per heavy atom. The van der Waals surface area contributed by atoms with Gasteiger partial charge in [-0.25, -0.2) is 13.1 Å². The molecule has 0 aliphatic carbocycles. The second-order valence-electron chi connectivity index (χ2n) is 4.46. The van der Waals surface area contributed by atoms with Crippen LogP contribution in [0.15, 0.2) is 23.1 Å². The Labute approximate surface area is 103 Å². The van der Waals surface area contributed by atoms with Crippen molar-refractivity contribution in [2.45, 2.75) is 32.1 Å². The highest BCUT2D eigenvalue weighted by Crippen LogP contribution is 2.18. The van der Waals surface area contributed by atoms with E-state index < -0.39 is 10.0 Å². The van der Waals surface area contributed by atoms with Gasteiger partial charge in [-0.05, 0) is 30.0 Å². The molecule has 17 heavy (non-hydrogen) atoms. The largest absolute Gasteiger partial charge is 0.398 e. The SMILES string of the molecule is CCc1ccc(S(=O)(=O)NCC(C)C)cc1N. The summed E-state index contributed by atoms with van der Waals surface area (Å²) < 4.78 is 26.4. The predicted octanol–water partition coefficient (Wildman–Crippen LogP) is 1.77. The quantitative estimate of drug-likeness (QED) is 0.789. The van der Waals surface area contributed by atoms with E-state index in [9.17, 15) is 8.42 Å². The first-order chi connectivity index (χ1) is 7.86. The Morgan fingerprint density at radius 2 is 2.00 bits per heavy atom. The highest BCUT2D eigenvalue weighted by atomic mass is 32.2. The van der Waals surface area contributed by atoms with Crippen LogP contribution < -0.4 is 10.5 Å². The van der Waals surface area contributed by atoms with Crippen LogP contribution in [0.25, 0.3) is 0 Å². The lowest BCUT2D eigenvalue weighted by atomic mass is 10.1. The molecule has 0 saturated carbocycles. The Kier molecular flexibility index (Phi) is 4.54. The van der Waals surface area contributed by atoms with Crippen LogP contribution in [0.3, 0.4) is 0 Å². The third-order valence-corrected chi connectivity index (χ3v) is 3.91. The molecule has 0 radical (unpaired) electrons. The van der Waals surface area contributed by atoms with Gasteiger partial charge in [0.2, 0.25) is 10.0 Å². The summed E-state index contributed by atoms with van der Waals surface area (Å²) >= 11 is 0. The number of anilines is 1. The molecule has 0 fully saturated rings. The smallest absolute Gasteiger partial charge is 0.240 e. The molecule has 4 nitrogen and oxygen atoms in total. The second kappa shape index (κ2) is 5.51. The number of aryl methyl sites for hydroxylation is 1. The molecule has 5 heteroatoms. The third kappa shape index (κ3) is 3.71. The molecule has 0 unspecified atom stereocenters. The Morgan fingerprint density at radius 1 is 1.35 bits per heavy atom. The van der Waals surface area contributed by atoms with Gasteiger partial charge in [0.15, 0.2) is 0 Å². The summed E-state index contributed by atoms with van der Waals surface area (Å²) in [6.45, 7) is 6.32. The van der Waals surface area contributed by atoms with Crippen molar-refractivity contribution >= 4 is 15.7 Å². The maximum absolute atomic E-state index is 11.9. The third-order valence-electron chi connectivity index (χ3n) is 2.49. The van der Waals surface area contributed by atoms with Gasteiger partial charge in [0.1, 0.15) is 0 Å². The minimum atomic E-state index is -3.43. The minimum absolute atomic E-state index is 0.229. The van der Waals surface area contributed by atoms with Crippen molar-refractivity contribution in [3.05, 3.63) is 23.8 Å². The van der Waals surface area contributed by atoms with Gasteiger partial charge in [0.25, 0.3) is 0 Å². The average Bonchev–Trinajstić information content (AvgIpc) is 2.26. The van der Waals surface area contributed by atoms with E-state index in [-0.39, 0.29) is 10.8 Å². The maximum atomic E-state index is 11.9. The molecule has 0 bridgehead atoms. The van der Waals surface area contributed by atoms with E-state index in [0.29, 0.717) is 12.2 Å². The van der Waals surface area contributed by atoms with Crippen LogP contribution in [0.4, 0.5) is 5.69 Å². The van der Waals surface area contributed by atoms with Crippen molar-refractivity contribution in [3.63, 3.8) is 0 Å². The minimum Gasteiger partial charge on any atom is -0.398 e. The summed E-state index contributed by atoms with van der Waals surface area (Å²) in [6.07, 6.45) is 0.797. The van der Waals surface area contributed by atoms with Crippen LogP contribution in [0.2, 0.25) is 0 Å². The fourth-order valence-corrected chi connectivity index (χ4v) is 2.67. The summed E-state index contributed by atoms with van der Waals surface area (Å²) in [4.78, 5) is 0.229. The predicted molar refractivity (Wildman–Crippen MR) is 70.3 cm³/mol. The zero-order valence-corrected chi connectivity index (χ0v) is 11.3. The van der Waals surface area contributed by atoms with Gasteiger partial charge in [-0.2, -0.15) is 0 Å². The van der Waals surface area contributed by atoms with Crippen molar-refractivity contribution in [1.82, 2.24) is 4.72 Å². The van der Waals surface area contributed by atoms with Gasteiger partial charge in [-0.15, -0.1) is 0 Å². The van der Waals surface area contributed by atoms with Crippen molar-refractivity contribution in [3.8, 4) is 0 Å². The van der Waals surface area contributed by atoms with Crippen molar-refractivity contribution in [2.75, 3.05) is 12.3 Å². The van der Waals surface area contributed by atoms with E-state index in [1.165, 1.54) is 6.07 Å². The molecule has 1 rings (SSSR count). The summed E-state index contributed by atoms with van der Waals surface area (Å²) in [5, 5.41) is 0. The summed E-state index contributed by atoms with van der Waals surface area (Å²) in [5.74, 6) is 0.275. The molecule has 0 heterocycles. The standard InChI is InChI=1S/C12H20N2O2S/c1-4-10-5-6-11(7-12(10)13)17(15,16)14-8-9(2)3/h5-7,9,14H,4,8,13H2,1-3H3. The lowest BCUT2D eigenvalue weighted by Gasteiger charge is -2.10. The number of nitrogen functional groups attached to an aromatic ring is 1. The topological polar surface area (TPSA) is 72.2 Å². The van der Waals surface area contributed by atoms with E-state index in [1.807, 2.05) is 20.8 Å². The van der Waals surface area contributed by atoms with Crippen molar-refractivity contribution in [1.29, 1.82) is 0 Å². The summed E-state index contributed by atoms with van der Waals surface area (Å²) in [5.41, 5.74) is 7.29. The lowest BCUT2D eigenvalue weighted by Crippen LogP contribution is -2.27. The molecule has 96 valence electrons. The number of benzene rings is 1. The van der Waals surface area contributed by atoms with E-state index in [1.54, 1.807) is 12.1 Å². The number of hydrogen-bond donors (Lipinski definition) is 2. The molecule has 1 aromatic rings. The zero-order valence-electron chi connectivity index (χ0n) is 10.5. The van der Waals surface area contributed by atoms with Crippen molar-refractivity contribution in [2.24, 2.45) is 5.92 Å². The number of sulfonamides is 1. The van der Waals surface area contributed by atoms with E-state index in [4.69, 9.17) is 5.73 Å². The number of nitrogens with one attached hydrogen (secondary N) is 1. The number of hydrogen-bond acceptors (Lipinski definition) is 3. The number of rotatable bonds is 5. The molecule has 1 aromatic carbocycles. The Hall–Kier alpha value is -1.07. The normalized spacial score (nSPS) is 12.0. The van der Waals surface area contributed by atoms with Gasteiger partial charge in [0.05, 0.1) is 4.90 Å². The molecule has 3 N–H and O–H groups in total. The highest BCUT2D eigenvalue weighted by molar-refractivity contribution is 7.89. The Bertz CT molecular complexity index is 481. The molecule has 0 atom stereocenters. The first kappa shape index (κ1) is 14.0. The number of nitrogens with two attached hydrogens (primary N) is 1. The van der Waals surface area contributed by atoms with Gasteiger partial charge in [-0.1, -0.05) is 26.8 Å². The van der Waals surface area contributed by atoms with Crippen molar-refractivity contribution < 1.29 is 8.42 Å². The molecule has 0 spiro atoms. The molecule has 0 saturated heterocycles. The first-order valence-corrected chi connectivity index (χ1v) is 7.23. The molecular weight excluding hydrogens is 236 g/mol. The van der Waals surface area contributed by atoms with Crippen LogP contribution in [-0.4, -0.2) is 15.0 Å². The fourth-order valence-electron chi connectivity index (χ4n) is 1.42. The molecule has 0 aromatic heterocycles. The van der Waals surface area contributed by atoms with Gasteiger partial charge in [0, 0.05) is 12.2 Å². The van der Waals surface area contributed by atoms with Crippen LogP contribution in [0.1, 0.15) is 26.3 Å². The van der Waals surface area contributed by atoms with Crippen LogP contribution in [0.5, 0.6) is 0 Å². The van der Waals surface area contributed by atoms with Gasteiger partial charge >= 0.3 is 0 Å². The monoisotopic (exact) mass is 256 g/mol. The first-order valence-electron chi connectivity index (χ1n) is 5.75. The van der Waals surface area contributed by atoms with E-state index >= 15 is 0 Å². The molecule has 0 aliphatic heterocycles. The Balaban J connectivity index is 2.96. The maximum Gasteiger partial charge on any atom is 0.240 e. The summed E-state index contributed by atoms with van der Waals surface area (Å²) in [7, 11) is -3.43. The van der Waals surface area contributed by atoms with E-state index in [2.05, 4.69) is 4.72 Å². The highest BCUT2D eigenvalue weighted by Gasteiger charge is 2.15. The lowest BCUT2D eigenvalue weighted by molar-refractivity contribution is 0.560. The zero-order chi connectivity index (χ0) is 13.1. The van der Waals surface area contributed by atoms with Crippen LogP contribution >= 0.6 is 0 Å². The fraction of sp³-hybridized carbons (Fsp3) is 0.500.